The first-order valence-corrected chi connectivity index (χ1v) is 12.3. The Bertz CT molecular complexity index is 1490. The lowest BCUT2D eigenvalue weighted by atomic mass is 9.93. The summed E-state index contributed by atoms with van der Waals surface area (Å²) in [7, 11) is 0. The lowest BCUT2D eigenvalue weighted by Gasteiger charge is -2.18. The van der Waals surface area contributed by atoms with E-state index in [1.165, 1.54) is 4.90 Å². The lowest BCUT2D eigenvalue weighted by Crippen LogP contribution is -2.31. The fourth-order valence-corrected chi connectivity index (χ4v) is 5.24. The van der Waals surface area contributed by atoms with E-state index in [0.29, 0.717) is 36.0 Å². The fraction of sp³-hybridized carbons (Fsp3) is 0.241. The molecule has 0 saturated heterocycles. The highest BCUT2D eigenvalue weighted by Gasteiger charge is 2.39. The summed E-state index contributed by atoms with van der Waals surface area (Å²) in [6, 6.07) is 19.5. The number of aromatic hydroxyl groups is 1. The third-order valence-electron chi connectivity index (χ3n) is 7.06. The van der Waals surface area contributed by atoms with E-state index in [1.807, 2.05) is 67.6 Å². The van der Waals surface area contributed by atoms with E-state index in [-0.39, 0.29) is 24.1 Å². The number of amides is 2. The number of imide groups is 1. The minimum absolute atomic E-state index is 0.0860. The van der Waals surface area contributed by atoms with E-state index in [2.05, 4.69) is 10.2 Å². The van der Waals surface area contributed by atoms with Gasteiger partial charge >= 0.3 is 0 Å². The minimum Gasteiger partial charge on any atom is -0.507 e. The molecule has 1 N–H and O–H groups in total. The van der Waals surface area contributed by atoms with Gasteiger partial charge in [0.25, 0.3) is 11.8 Å². The highest BCUT2D eigenvalue weighted by Crippen LogP contribution is 2.35. The van der Waals surface area contributed by atoms with Crippen molar-refractivity contribution in [3.63, 3.8) is 0 Å². The maximum Gasteiger partial charge on any atom is 0.257 e. The first-order valence-electron chi connectivity index (χ1n) is 12.3. The Morgan fingerprint density at radius 2 is 1.42 bits per heavy atom. The highest BCUT2D eigenvalue weighted by atomic mass is 16.3. The summed E-state index contributed by atoms with van der Waals surface area (Å²) in [4.78, 5) is 28.7. The van der Waals surface area contributed by atoms with Crippen LogP contribution in [-0.2, 0) is 22.6 Å². The van der Waals surface area contributed by atoms with Gasteiger partial charge in [-0.2, -0.15) is 4.80 Å². The Hall–Kier alpha value is -4.26. The molecule has 3 aromatic carbocycles. The van der Waals surface area contributed by atoms with Crippen LogP contribution in [0.4, 0.5) is 0 Å². The minimum atomic E-state index is -0.201. The van der Waals surface area contributed by atoms with Crippen LogP contribution >= 0.6 is 0 Å². The van der Waals surface area contributed by atoms with E-state index in [9.17, 15) is 14.7 Å². The Labute approximate surface area is 208 Å². The Balaban J connectivity index is 1.23. The average Bonchev–Trinajstić information content (AvgIpc) is 3.43. The van der Waals surface area contributed by atoms with Crippen LogP contribution in [0.3, 0.4) is 0 Å². The number of fused-ring (bicyclic) bond motifs is 1. The predicted molar refractivity (Wildman–Crippen MR) is 136 cm³/mol. The zero-order chi connectivity index (χ0) is 24.8. The quantitative estimate of drug-likeness (QED) is 0.418. The van der Waals surface area contributed by atoms with Crippen LogP contribution in [0.5, 0.6) is 5.75 Å². The monoisotopic (exact) mass is 478 g/mol. The first-order chi connectivity index (χ1) is 17.5. The zero-order valence-electron chi connectivity index (χ0n) is 20.1. The topological polar surface area (TPSA) is 88.3 Å². The van der Waals surface area contributed by atoms with Crippen molar-refractivity contribution in [2.24, 2.45) is 0 Å². The van der Waals surface area contributed by atoms with Gasteiger partial charge in [0.05, 0.1) is 12.2 Å². The molecule has 0 spiro atoms. The van der Waals surface area contributed by atoms with Crippen LogP contribution in [0, 0.1) is 6.92 Å². The summed E-state index contributed by atoms with van der Waals surface area (Å²) >= 11 is 0. The molecule has 6 rings (SSSR count). The molecule has 1 aliphatic heterocycles. The third kappa shape index (κ3) is 3.86. The SMILES string of the molecule is Cc1cc(Cc2ccc(-n3nc4ccccc4n3)cc2)c(O)c(CN2C(=O)C3=C(CCCC3)C2=O)c1. The normalized spacial score (nSPS) is 15.8. The first kappa shape index (κ1) is 22.2. The highest BCUT2D eigenvalue weighted by molar-refractivity contribution is 6.19. The van der Waals surface area contributed by atoms with Crippen LogP contribution in [0.1, 0.15) is 47.9 Å². The van der Waals surface area contributed by atoms with Crippen LogP contribution < -0.4 is 0 Å². The van der Waals surface area contributed by atoms with Gasteiger partial charge in [-0.15, -0.1) is 10.2 Å². The van der Waals surface area contributed by atoms with E-state index in [0.717, 1.165) is 46.3 Å². The molecule has 0 saturated carbocycles. The molecule has 0 bridgehead atoms. The number of phenolic OH excluding ortho intramolecular Hbond substituents is 1. The Kier molecular flexibility index (Phi) is 5.40. The number of carbonyl (C=O) groups is 2. The van der Waals surface area contributed by atoms with Crippen molar-refractivity contribution in [1.82, 2.24) is 19.9 Å². The van der Waals surface area contributed by atoms with Gasteiger partial charge in [-0.05, 0) is 68.0 Å². The molecule has 0 atom stereocenters. The summed E-state index contributed by atoms with van der Waals surface area (Å²) < 4.78 is 0. The fourth-order valence-electron chi connectivity index (χ4n) is 5.24. The van der Waals surface area contributed by atoms with Gasteiger partial charge in [0, 0.05) is 23.1 Å². The molecular formula is C29H26N4O3. The van der Waals surface area contributed by atoms with Crippen LogP contribution in [-0.4, -0.2) is 36.8 Å². The number of nitrogens with zero attached hydrogens (tertiary/aromatic N) is 4. The standard InChI is InChI=1S/C29H26N4O3/c1-18-14-20(16-19-10-12-22(13-11-19)33-30-25-8-4-5-9-26(25)31-33)27(34)21(15-18)17-32-28(35)23-6-2-3-7-24(23)29(32)36/h4-5,8-15,34H,2-3,6-7,16-17H2,1H3. The number of hydrogen-bond acceptors (Lipinski definition) is 5. The molecular weight excluding hydrogens is 452 g/mol. The molecule has 180 valence electrons. The van der Waals surface area contributed by atoms with Gasteiger partial charge in [-0.3, -0.25) is 14.5 Å². The molecule has 7 nitrogen and oxygen atoms in total. The van der Waals surface area contributed by atoms with Gasteiger partial charge in [-0.1, -0.05) is 42.0 Å². The van der Waals surface area contributed by atoms with Crippen molar-refractivity contribution in [3.8, 4) is 11.4 Å². The van der Waals surface area contributed by atoms with E-state index < -0.39 is 0 Å². The Morgan fingerprint density at radius 3 is 2.03 bits per heavy atom. The number of aryl methyl sites for hydroxylation is 1. The van der Waals surface area contributed by atoms with Gasteiger partial charge in [0.2, 0.25) is 0 Å². The summed E-state index contributed by atoms with van der Waals surface area (Å²) in [6.07, 6.45) is 3.74. The second-order valence-corrected chi connectivity index (χ2v) is 9.61. The van der Waals surface area contributed by atoms with Crippen molar-refractivity contribution in [1.29, 1.82) is 0 Å². The Morgan fingerprint density at radius 1 is 0.833 bits per heavy atom. The van der Waals surface area contributed by atoms with E-state index in [4.69, 9.17) is 0 Å². The van der Waals surface area contributed by atoms with Gasteiger partial charge in [0.15, 0.2) is 0 Å². The molecule has 0 radical (unpaired) electrons. The maximum atomic E-state index is 12.9. The van der Waals surface area contributed by atoms with Crippen molar-refractivity contribution in [2.75, 3.05) is 0 Å². The summed E-state index contributed by atoms with van der Waals surface area (Å²) in [5, 5.41) is 20.1. The lowest BCUT2D eigenvalue weighted by molar-refractivity contribution is -0.138. The van der Waals surface area contributed by atoms with Crippen molar-refractivity contribution < 1.29 is 14.7 Å². The number of rotatable bonds is 5. The maximum absolute atomic E-state index is 12.9. The summed E-state index contributed by atoms with van der Waals surface area (Å²) in [5.74, 6) is -0.268. The van der Waals surface area contributed by atoms with Crippen molar-refractivity contribution >= 4 is 22.8 Å². The van der Waals surface area contributed by atoms with E-state index >= 15 is 0 Å². The van der Waals surface area contributed by atoms with Crippen LogP contribution in [0.2, 0.25) is 0 Å². The molecule has 2 amide bonds. The molecule has 1 aromatic heterocycles. The van der Waals surface area contributed by atoms with E-state index in [1.54, 1.807) is 4.80 Å². The van der Waals surface area contributed by atoms with Crippen molar-refractivity contribution in [3.05, 3.63) is 94.1 Å². The van der Waals surface area contributed by atoms with Crippen LogP contribution in [0.25, 0.3) is 16.7 Å². The predicted octanol–water partition coefficient (Wildman–Crippen LogP) is 4.76. The number of carbonyl (C=O) groups excluding carboxylic acids is 2. The average molecular weight is 479 g/mol. The molecule has 1 aliphatic carbocycles. The summed E-state index contributed by atoms with van der Waals surface area (Å²) in [6.45, 7) is 2.04. The van der Waals surface area contributed by atoms with Gasteiger partial charge in [0.1, 0.15) is 16.8 Å². The molecule has 36 heavy (non-hydrogen) atoms. The molecule has 2 heterocycles. The molecule has 7 heteroatoms. The second kappa shape index (κ2) is 8.75. The van der Waals surface area contributed by atoms with Gasteiger partial charge in [-0.25, -0.2) is 0 Å². The molecule has 2 aliphatic rings. The number of hydrogen-bond donors (Lipinski definition) is 1. The van der Waals surface area contributed by atoms with Crippen LogP contribution in [0.15, 0.2) is 71.8 Å². The molecule has 0 unspecified atom stereocenters. The van der Waals surface area contributed by atoms with Crippen molar-refractivity contribution in [2.45, 2.75) is 45.6 Å². The molecule has 4 aromatic rings. The molecule has 0 fully saturated rings. The number of benzene rings is 3. The second-order valence-electron chi connectivity index (χ2n) is 9.61. The number of aromatic nitrogens is 3. The summed E-state index contributed by atoms with van der Waals surface area (Å²) in [5.41, 5.74) is 7.21. The zero-order valence-corrected chi connectivity index (χ0v) is 20.1. The smallest absolute Gasteiger partial charge is 0.257 e. The third-order valence-corrected chi connectivity index (χ3v) is 7.06. The van der Waals surface area contributed by atoms with Gasteiger partial charge < -0.3 is 5.11 Å². The number of phenols is 1. The largest absolute Gasteiger partial charge is 0.507 e.